The van der Waals surface area contributed by atoms with E-state index in [0.717, 1.165) is 19.3 Å². The average Bonchev–Trinajstić information content (AvgIpc) is 2.69. The van der Waals surface area contributed by atoms with Gasteiger partial charge in [0.1, 0.15) is 0 Å². The molecule has 0 aromatic rings. The maximum Gasteiger partial charge on any atom is 0.201 e. The third-order valence-corrected chi connectivity index (χ3v) is 6.33. The lowest BCUT2D eigenvalue weighted by molar-refractivity contribution is -0.577. The van der Waals surface area contributed by atoms with Crippen molar-refractivity contribution in [3.63, 3.8) is 0 Å². The van der Waals surface area contributed by atoms with Crippen molar-refractivity contribution in [1.29, 1.82) is 0 Å². The van der Waals surface area contributed by atoms with Crippen molar-refractivity contribution in [2.24, 2.45) is 23.7 Å². The van der Waals surface area contributed by atoms with E-state index >= 15 is 0 Å². The molecule has 0 amide bonds. The number of ether oxygens (including phenoxy) is 3. The molecule has 2 bridgehead atoms. The molecule has 4 aliphatic heterocycles. The summed E-state index contributed by atoms with van der Waals surface area (Å²) in [6.07, 6.45) is 3.64. The van der Waals surface area contributed by atoms with Crippen LogP contribution >= 0.6 is 0 Å². The smallest absolute Gasteiger partial charge is 0.201 e. The maximum atomic E-state index is 6.21. The van der Waals surface area contributed by atoms with Crippen LogP contribution in [0.15, 0.2) is 0 Å². The zero-order valence-electron chi connectivity index (χ0n) is 13.3. The van der Waals surface area contributed by atoms with Crippen LogP contribution in [-0.2, 0) is 24.0 Å². The lowest BCUT2D eigenvalue weighted by Crippen LogP contribution is -2.70. The van der Waals surface area contributed by atoms with E-state index in [9.17, 15) is 0 Å². The van der Waals surface area contributed by atoms with Gasteiger partial charge in [0.15, 0.2) is 18.2 Å². The van der Waals surface area contributed by atoms with Gasteiger partial charge >= 0.3 is 0 Å². The van der Waals surface area contributed by atoms with Crippen molar-refractivity contribution in [3.05, 3.63) is 0 Å². The molecule has 8 atom stereocenters. The predicted octanol–water partition coefficient (Wildman–Crippen LogP) is 2.84. The molecule has 5 nitrogen and oxygen atoms in total. The Morgan fingerprint density at radius 1 is 1.05 bits per heavy atom. The maximum absolute atomic E-state index is 6.21. The van der Waals surface area contributed by atoms with E-state index < -0.39 is 17.7 Å². The van der Waals surface area contributed by atoms with Crippen LogP contribution in [0.2, 0.25) is 0 Å². The third kappa shape index (κ3) is 1.81. The van der Waals surface area contributed by atoms with Crippen molar-refractivity contribution in [3.8, 4) is 0 Å². The molecule has 120 valence electrons. The molecule has 21 heavy (non-hydrogen) atoms. The Balaban J connectivity index is 1.79. The summed E-state index contributed by atoms with van der Waals surface area (Å²) in [5, 5.41) is 0. The minimum Gasteiger partial charge on any atom is -0.355 e. The zero-order valence-corrected chi connectivity index (χ0v) is 13.3. The average molecular weight is 298 g/mol. The van der Waals surface area contributed by atoms with Crippen LogP contribution < -0.4 is 0 Å². The SMILES string of the molecule is CO[C@@H]1O[C@@H]2O[C@]3(C)CC[C@H]4[C@H](C)CC[C@@H]([C@H]1C)[C@@]24OO3. The Morgan fingerprint density at radius 2 is 1.86 bits per heavy atom. The number of rotatable bonds is 1. The van der Waals surface area contributed by atoms with Gasteiger partial charge in [-0.2, -0.15) is 0 Å². The third-order valence-electron chi connectivity index (χ3n) is 6.33. The van der Waals surface area contributed by atoms with Crippen molar-refractivity contribution in [2.75, 3.05) is 7.11 Å². The van der Waals surface area contributed by atoms with Gasteiger partial charge in [0.25, 0.3) is 0 Å². The molecule has 0 aromatic heterocycles. The monoisotopic (exact) mass is 298 g/mol. The van der Waals surface area contributed by atoms with E-state index in [0.29, 0.717) is 17.8 Å². The van der Waals surface area contributed by atoms with Gasteiger partial charge < -0.3 is 14.2 Å². The lowest BCUT2D eigenvalue weighted by Gasteiger charge is -2.60. The van der Waals surface area contributed by atoms with E-state index in [4.69, 9.17) is 24.0 Å². The molecule has 5 aliphatic rings. The van der Waals surface area contributed by atoms with Gasteiger partial charge in [0, 0.05) is 25.4 Å². The van der Waals surface area contributed by atoms with Crippen molar-refractivity contribution in [1.82, 2.24) is 0 Å². The molecular weight excluding hydrogens is 272 g/mol. The van der Waals surface area contributed by atoms with Gasteiger partial charge in [0.2, 0.25) is 5.79 Å². The molecule has 0 N–H and O–H groups in total. The fraction of sp³-hybridized carbons (Fsp3) is 1.00. The second-order valence-electron chi connectivity index (χ2n) is 7.51. The van der Waals surface area contributed by atoms with E-state index in [2.05, 4.69) is 13.8 Å². The van der Waals surface area contributed by atoms with E-state index in [-0.39, 0.29) is 12.2 Å². The summed E-state index contributed by atoms with van der Waals surface area (Å²) < 4.78 is 17.9. The Labute approximate surface area is 126 Å². The molecular formula is C16H26O5. The number of hydrogen-bond acceptors (Lipinski definition) is 5. The normalized spacial score (nSPS) is 59.4. The molecule has 1 aliphatic carbocycles. The number of methoxy groups -OCH3 is 1. The number of hydrogen-bond donors (Lipinski definition) is 0. The van der Waals surface area contributed by atoms with E-state index in [1.54, 1.807) is 7.11 Å². The van der Waals surface area contributed by atoms with Gasteiger partial charge in [-0.05, 0) is 38.0 Å². The molecule has 5 fully saturated rings. The molecule has 5 heteroatoms. The quantitative estimate of drug-likeness (QED) is 0.697. The van der Waals surface area contributed by atoms with E-state index in [1.807, 2.05) is 6.92 Å². The molecule has 1 saturated carbocycles. The molecule has 4 heterocycles. The summed E-state index contributed by atoms with van der Waals surface area (Å²) in [7, 11) is 1.70. The van der Waals surface area contributed by atoms with Gasteiger partial charge in [0.05, 0.1) is 0 Å². The summed E-state index contributed by atoms with van der Waals surface area (Å²) in [5.41, 5.74) is -0.470. The van der Waals surface area contributed by atoms with Crippen molar-refractivity contribution < 1.29 is 24.0 Å². The van der Waals surface area contributed by atoms with Crippen LogP contribution in [0.5, 0.6) is 0 Å². The highest BCUT2D eigenvalue weighted by molar-refractivity contribution is 5.08. The van der Waals surface area contributed by atoms with Gasteiger partial charge in [-0.1, -0.05) is 13.8 Å². The highest BCUT2D eigenvalue weighted by Gasteiger charge is 2.69. The lowest BCUT2D eigenvalue weighted by atomic mass is 9.58. The van der Waals surface area contributed by atoms with E-state index in [1.165, 1.54) is 6.42 Å². The summed E-state index contributed by atoms with van der Waals surface area (Å²) in [5.74, 6) is 0.953. The molecule has 0 unspecified atom stereocenters. The van der Waals surface area contributed by atoms with Crippen LogP contribution in [0.25, 0.3) is 0 Å². The van der Waals surface area contributed by atoms with Crippen LogP contribution in [0, 0.1) is 23.7 Å². The standard InChI is InChI=1S/C16H26O5/c1-9-5-6-12-10(2)13(17-4)18-14-16(12)11(9)7-8-15(3,19-14)20-21-16/h9-14H,5-8H2,1-4H3/t9-,10-,11+,12+,13-,14-,15+,16-/m1/s1. The fourth-order valence-corrected chi connectivity index (χ4v) is 5.14. The topological polar surface area (TPSA) is 46.2 Å². The summed E-state index contributed by atoms with van der Waals surface area (Å²) in [6, 6.07) is 0. The Bertz CT molecular complexity index is 429. The highest BCUT2D eigenvalue weighted by Crippen LogP contribution is 2.60. The molecule has 0 radical (unpaired) electrons. The minimum absolute atomic E-state index is 0.230. The van der Waals surface area contributed by atoms with Crippen LogP contribution in [0.3, 0.4) is 0 Å². The Morgan fingerprint density at radius 3 is 2.62 bits per heavy atom. The van der Waals surface area contributed by atoms with Gasteiger partial charge in [-0.3, -0.25) is 0 Å². The molecule has 0 aromatic carbocycles. The molecule has 5 rings (SSSR count). The summed E-state index contributed by atoms with van der Waals surface area (Å²) >= 11 is 0. The predicted molar refractivity (Wildman–Crippen MR) is 73.8 cm³/mol. The minimum atomic E-state index is -0.698. The van der Waals surface area contributed by atoms with Gasteiger partial charge in [-0.15, -0.1) is 0 Å². The van der Waals surface area contributed by atoms with Crippen molar-refractivity contribution >= 4 is 0 Å². The summed E-state index contributed by atoms with van der Waals surface area (Å²) in [4.78, 5) is 11.8. The zero-order chi connectivity index (χ0) is 14.8. The molecule has 4 saturated heterocycles. The van der Waals surface area contributed by atoms with Crippen LogP contribution in [0.1, 0.15) is 46.5 Å². The van der Waals surface area contributed by atoms with Crippen molar-refractivity contribution in [2.45, 2.75) is 70.4 Å². The van der Waals surface area contributed by atoms with Crippen LogP contribution in [-0.4, -0.2) is 31.1 Å². The number of fused-ring (bicyclic) bond motifs is 2. The second-order valence-corrected chi connectivity index (χ2v) is 7.51. The van der Waals surface area contributed by atoms with Crippen LogP contribution in [0.4, 0.5) is 0 Å². The fourth-order valence-electron chi connectivity index (χ4n) is 5.14. The second kappa shape index (κ2) is 4.65. The highest BCUT2D eigenvalue weighted by atomic mass is 17.3. The first kappa shape index (κ1) is 14.4. The first-order valence-corrected chi connectivity index (χ1v) is 8.23. The van der Waals surface area contributed by atoms with Gasteiger partial charge in [-0.25, -0.2) is 9.78 Å². The Kier molecular flexibility index (Phi) is 3.19. The molecule has 1 spiro atoms. The first-order chi connectivity index (χ1) is 10.00. The Hall–Kier alpha value is -0.200. The first-order valence-electron chi connectivity index (χ1n) is 8.23. The summed E-state index contributed by atoms with van der Waals surface area (Å²) in [6.45, 7) is 6.46. The largest absolute Gasteiger partial charge is 0.355 e.